The van der Waals surface area contributed by atoms with E-state index in [-0.39, 0.29) is 0 Å². The molecular formula is C10H2Br6. The minimum absolute atomic E-state index is 1.01. The molecule has 0 heterocycles. The Balaban J connectivity index is 3.02. The summed E-state index contributed by atoms with van der Waals surface area (Å²) >= 11 is 21.3. The fraction of sp³-hybridized carbons (Fsp3) is 0. The van der Waals surface area contributed by atoms with E-state index in [2.05, 4.69) is 108 Å². The van der Waals surface area contributed by atoms with E-state index in [4.69, 9.17) is 0 Å². The molecule has 0 unspecified atom stereocenters. The molecule has 0 N–H and O–H groups in total. The zero-order valence-electron chi connectivity index (χ0n) is 7.42. The molecule has 0 aliphatic carbocycles. The van der Waals surface area contributed by atoms with Gasteiger partial charge in [0.25, 0.3) is 0 Å². The number of rotatable bonds is 0. The quantitative estimate of drug-likeness (QED) is 0.276. The van der Waals surface area contributed by atoms with Crippen LogP contribution in [0.3, 0.4) is 0 Å². The first-order chi connectivity index (χ1) is 7.43. The third-order valence-electron chi connectivity index (χ3n) is 2.11. The molecule has 0 radical (unpaired) electrons. The van der Waals surface area contributed by atoms with Gasteiger partial charge < -0.3 is 0 Å². The molecule has 0 aliphatic rings. The average molecular weight is 602 g/mol. The van der Waals surface area contributed by atoms with Crippen LogP contribution in [0.25, 0.3) is 10.8 Å². The molecule has 0 amide bonds. The van der Waals surface area contributed by atoms with Crippen LogP contribution in [0.15, 0.2) is 39.0 Å². The summed E-state index contributed by atoms with van der Waals surface area (Å²) in [5, 5.41) is 2.27. The third kappa shape index (κ3) is 2.35. The molecule has 0 bridgehead atoms. The van der Waals surface area contributed by atoms with Crippen molar-refractivity contribution in [2.75, 3.05) is 0 Å². The lowest BCUT2D eigenvalue weighted by Gasteiger charge is -2.10. The Labute approximate surface area is 143 Å². The first-order valence-corrected chi connectivity index (χ1v) is 8.80. The second-order valence-electron chi connectivity index (χ2n) is 3.07. The molecule has 0 atom stereocenters. The zero-order chi connectivity index (χ0) is 12.0. The average Bonchev–Trinajstić information content (AvgIpc) is 2.25. The highest BCUT2D eigenvalue weighted by Crippen LogP contribution is 2.44. The second kappa shape index (κ2) is 5.29. The summed E-state index contributed by atoms with van der Waals surface area (Å²) in [5.74, 6) is 0. The van der Waals surface area contributed by atoms with Gasteiger partial charge in [0.1, 0.15) is 0 Å². The molecule has 0 spiro atoms. The maximum absolute atomic E-state index is 3.59. The summed E-state index contributed by atoms with van der Waals surface area (Å²) in [5.41, 5.74) is 0. The van der Waals surface area contributed by atoms with Crippen molar-refractivity contribution < 1.29 is 0 Å². The van der Waals surface area contributed by atoms with E-state index in [1.807, 2.05) is 0 Å². The van der Waals surface area contributed by atoms with Gasteiger partial charge in [0.2, 0.25) is 0 Å². The van der Waals surface area contributed by atoms with Gasteiger partial charge in [0, 0.05) is 26.8 Å². The van der Waals surface area contributed by atoms with E-state index in [9.17, 15) is 0 Å². The Morgan fingerprint density at radius 3 is 1.12 bits per heavy atom. The van der Waals surface area contributed by atoms with Crippen molar-refractivity contribution in [1.82, 2.24) is 0 Å². The van der Waals surface area contributed by atoms with Gasteiger partial charge >= 0.3 is 0 Å². The van der Waals surface area contributed by atoms with Gasteiger partial charge in [-0.05, 0) is 118 Å². The van der Waals surface area contributed by atoms with Gasteiger partial charge in [-0.25, -0.2) is 0 Å². The van der Waals surface area contributed by atoms with E-state index in [0.717, 1.165) is 37.6 Å². The van der Waals surface area contributed by atoms with Crippen LogP contribution in [-0.2, 0) is 0 Å². The van der Waals surface area contributed by atoms with Crippen molar-refractivity contribution in [1.29, 1.82) is 0 Å². The maximum atomic E-state index is 3.59. The molecule has 2 aromatic carbocycles. The molecule has 0 aromatic heterocycles. The Morgan fingerprint density at radius 1 is 0.500 bits per heavy atom. The molecule has 2 rings (SSSR count). The van der Waals surface area contributed by atoms with Crippen LogP contribution in [0.2, 0.25) is 0 Å². The summed E-state index contributed by atoms with van der Waals surface area (Å²) in [4.78, 5) is 0. The van der Waals surface area contributed by atoms with E-state index in [1.54, 1.807) is 0 Å². The normalized spacial score (nSPS) is 11.1. The molecule has 0 fully saturated rings. The Bertz CT molecular complexity index is 537. The van der Waals surface area contributed by atoms with Gasteiger partial charge in [-0.1, -0.05) is 0 Å². The number of hydrogen-bond acceptors (Lipinski definition) is 0. The number of fused-ring (bicyclic) bond motifs is 1. The van der Waals surface area contributed by atoms with Crippen LogP contribution >= 0.6 is 95.6 Å². The van der Waals surface area contributed by atoms with Crippen molar-refractivity contribution in [3.05, 3.63) is 39.0 Å². The summed E-state index contributed by atoms with van der Waals surface area (Å²) in [6.07, 6.45) is 0. The van der Waals surface area contributed by atoms with Crippen molar-refractivity contribution in [3.8, 4) is 0 Å². The minimum Gasteiger partial charge on any atom is -0.0495 e. The van der Waals surface area contributed by atoms with Crippen LogP contribution in [0.5, 0.6) is 0 Å². The van der Waals surface area contributed by atoms with Crippen LogP contribution in [-0.4, -0.2) is 0 Å². The highest BCUT2D eigenvalue weighted by Gasteiger charge is 2.13. The highest BCUT2D eigenvalue weighted by molar-refractivity contribution is 9.15. The Morgan fingerprint density at radius 2 is 0.812 bits per heavy atom. The lowest BCUT2D eigenvalue weighted by molar-refractivity contribution is 1.54. The molecule has 0 nitrogen and oxygen atoms in total. The van der Waals surface area contributed by atoms with Crippen molar-refractivity contribution in [2.24, 2.45) is 0 Å². The van der Waals surface area contributed by atoms with Crippen molar-refractivity contribution in [3.63, 3.8) is 0 Å². The fourth-order valence-electron chi connectivity index (χ4n) is 1.35. The smallest absolute Gasteiger partial charge is 0.0466 e. The van der Waals surface area contributed by atoms with E-state index in [1.165, 1.54) is 0 Å². The number of hydrogen-bond donors (Lipinski definition) is 0. The lowest BCUT2D eigenvalue weighted by Crippen LogP contribution is -1.83. The van der Waals surface area contributed by atoms with Gasteiger partial charge in [-0.15, -0.1) is 0 Å². The molecule has 0 aliphatic heterocycles. The second-order valence-corrected chi connectivity index (χ2v) is 7.95. The van der Waals surface area contributed by atoms with E-state index in [0.29, 0.717) is 0 Å². The molecule has 0 saturated carbocycles. The summed E-state index contributed by atoms with van der Waals surface area (Å²) in [6.45, 7) is 0. The predicted octanol–water partition coefficient (Wildman–Crippen LogP) is 7.41. The number of benzene rings is 2. The summed E-state index contributed by atoms with van der Waals surface area (Å²) < 4.78 is 6.13. The lowest BCUT2D eigenvalue weighted by atomic mass is 10.1. The summed E-state index contributed by atoms with van der Waals surface area (Å²) in [6, 6.07) is 4.15. The van der Waals surface area contributed by atoms with Crippen molar-refractivity contribution >= 4 is 106 Å². The molecule has 0 saturated heterocycles. The van der Waals surface area contributed by atoms with Gasteiger partial charge in [-0.3, -0.25) is 0 Å². The van der Waals surface area contributed by atoms with Gasteiger partial charge in [-0.2, -0.15) is 0 Å². The van der Waals surface area contributed by atoms with Crippen LogP contribution in [0.1, 0.15) is 0 Å². The largest absolute Gasteiger partial charge is 0.0495 e. The minimum atomic E-state index is 1.01. The van der Waals surface area contributed by atoms with Crippen LogP contribution in [0, 0.1) is 0 Å². The topological polar surface area (TPSA) is 0 Å². The van der Waals surface area contributed by atoms with Gasteiger partial charge in [0.05, 0.1) is 0 Å². The van der Waals surface area contributed by atoms with Crippen molar-refractivity contribution in [2.45, 2.75) is 0 Å². The Hall–Kier alpha value is 1.58. The predicted molar refractivity (Wildman–Crippen MR) is 90.1 cm³/mol. The molecule has 2 aromatic rings. The van der Waals surface area contributed by atoms with Crippen LogP contribution < -0.4 is 0 Å². The molecular weight excluding hydrogens is 600 g/mol. The monoisotopic (exact) mass is 596 g/mol. The SMILES string of the molecule is Brc1cc2c(Br)c(Br)c(Br)cc2c(Br)c1Br. The molecule has 6 heteroatoms. The molecule has 84 valence electrons. The molecule has 16 heavy (non-hydrogen) atoms. The first-order valence-electron chi connectivity index (χ1n) is 4.04. The zero-order valence-corrected chi connectivity index (χ0v) is 16.9. The van der Waals surface area contributed by atoms with E-state index < -0.39 is 0 Å². The van der Waals surface area contributed by atoms with Crippen LogP contribution in [0.4, 0.5) is 0 Å². The third-order valence-corrected chi connectivity index (χ3v) is 8.78. The maximum Gasteiger partial charge on any atom is 0.0466 e. The Kier molecular flexibility index (Phi) is 4.63. The number of halogens is 6. The first kappa shape index (κ1) is 14.0. The standard InChI is InChI=1S/C10H2Br6/c11-5-1-3-4(8(14)9(5)15)2-6(12)10(16)7(3)13/h1-2H. The van der Waals surface area contributed by atoms with E-state index >= 15 is 0 Å². The van der Waals surface area contributed by atoms with Gasteiger partial charge in [0.15, 0.2) is 0 Å². The summed E-state index contributed by atoms with van der Waals surface area (Å²) in [7, 11) is 0. The highest BCUT2D eigenvalue weighted by atomic mass is 79.9. The fourth-order valence-corrected chi connectivity index (χ4v) is 4.47.